The number of terminal acetylenes is 1. The Hall–Kier alpha value is -1.27. The summed E-state index contributed by atoms with van der Waals surface area (Å²) in [5.74, 6) is 2.41. The lowest BCUT2D eigenvalue weighted by atomic mass is 10.1. The molecule has 0 saturated carbocycles. The largest absolute Gasteiger partial charge is 0.338 e. The molecule has 0 aliphatic carbocycles. The third-order valence-corrected chi connectivity index (χ3v) is 2.68. The summed E-state index contributed by atoms with van der Waals surface area (Å²) in [5.41, 5.74) is 1.66. The van der Waals surface area contributed by atoms with E-state index >= 15 is 0 Å². The van der Waals surface area contributed by atoms with Gasteiger partial charge in [0.25, 0.3) is 5.91 Å². The van der Waals surface area contributed by atoms with Crippen molar-refractivity contribution in [3.63, 3.8) is 0 Å². The second-order valence-electron chi connectivity index (χ2n) is 3.62. The number of hydrogen-bond donors (Lipinski definition) is 1. The van der Waals surface area contributed by atoms with Crippen molar-refractivity contribution in [2.75, 3.05) is 0 Å². The number of amides is 1. The van der Waals surface area contributed by atoms with E-state index in [4.69, 9.17) is 6.42 Å². The first-order valence-corrected chi connectivity index (χ1v) is 5.90. The minimum absolute atomic E-state index is 0.130. The van der Waals surface area contributed by atoms with E-state index in [-0.39, 0.29) is 11.9 Å². The lowest BCUT2D eigenvalue weighted by Gasteiger charge is -2.11. The number of carbonyl (C=O) groups excluding carboxylic acids is 1. The van der Waals surface area contributed by atoms with Gasteiger partial charge in [0.2, 0.25) is 0 Å². The number of nitrogens with one attached hydrogen (secondary N) is 1. The Bertz CT molecular complexity index is 414. The average Bonchev–Trinajstić information content (AvgIpc) is 2.24. The van der Waals surface area contributed by atoms with Crippen LogP contribution in [-0.2, 0) is 0 Å². The van der Waals surface area contributed by atoms with Gasteiger partial charge in [0.15, 0.2) is 0 Å². The van der Waals surface area contributed by atoms with Crippen molar-refractivity contribution in [3.05, 3.63) is 33.8 Å². The molecule has 1 amide bonds. The molecule has 0 heterocycles. The zero-order valence-corrected chi connectivity index (χ0v) is 11.0. The minimum Gasteiger partial charge on any atom is -0.338 e. The molecular weight excluding hydrogens is 266 g/mol. The van der Waals surface area contributed by atoms with Gasteiger partial charge in [-0.15, -0.1) is 6.42 Å². The second kappa shape index (κ2) is 5.72. The highest BCUT2D eigenvalue weighted by Gasteiger charge is 2.10. The van der Waals surface area contributed by atoms with Crippen molar-refractivity contribution in [1.29, 1.82) is 0 Å². The van der Waals surface area contributed by atoms with Crippen LogP contribution in [0.25, 0.3) is 0 Å². The molecule has 3 heteroatoms. The van der Waals surface area contributed by atoms with E-state index in [1.165, 1.54) is 0 Å². The maximum Gasteiger partial charge on any atom is 0.252 e. The first kappa shape index (κ1) is 12.8. The lowest BCUT2D eigenvalue weighted by Crippen LogP contribution is -2.33. The van der Waals surface area contributed by atoms with Gasteiger partial charge in [-0.2, -0.15) is 0 Å². The number of hydrogen-bond acceptors (Lipinski definition) is 1. The molecule has 1 aromatic rings. The minimum atomic E-state index is -0.202. The third-order valence-electron chi connectivity index (χ3n) is 2.22. The molecule has 1 atom stereocenters. The van der Waals surface area contributed by atoms with E-state index in [0.29, 0.717) is 5.56 Å². The fourth-order valence-corrected chi connectivity index (χ4v) is 1.98. The van der Waals surface area contributed by atoms with Crippen LogP contribution >= 0.6 is 15.9 Å². The Morgan fingerprint density at radius 2 is 2.25 bits per heavy atom. The second-order valence-corrected chi connectivity index (χ2v) is 4.53. The molecule has 0 radical (unpaired) electrons. The van der Waals surface area contributed by atoms with E-state index in [1.807, 2.05) is 26.0 Å². The van der Waals surface area contributed by atoms with Gasteiger partial charge in [0, 0.05) is 10.0 Å². The van der Waals surface area contributed by atoms with Crippen molar-refractivity contribution in [1.82, 2.24) is 5.32 Å². The summed E-state index contributed by atoms with van der Waals surface area (Å²) in [6.45, 7) is 3.89. The Kier molecular flexibility index (Phi) is 4.57. The molecule has 0 fully saturated rings. The topological polar surface area (TPSA) is 29.1 Å². The normalized spacial score (nSPS) is 11.6. The monoisotopic (exact) mass is 279 g/mol. The maximum absolute atomic E-state index is 11.8. The van der Waals surface area contributed by atoms with E-state index in [1.54, 1.807) is 6.07 Å². The van der Waals surface area contributed by atoms with Gasteiger partial charge in [-0.3, -0.25) is 4.79 Å². The van der Waals surface area contributed by atoms with Gasteiger partial charge in [-0.05, 0) is 37.1 Å². The number of rotatable bonds is 3. The van der Waals surface area contributed by atoms with Gasteiger partial charge in [-0.1, -0.05) is 28.8 Å². The number of benzene rings is 1. The summed E-state index contributed by atoms with van der Waals surface area (Å²) in [7, 11) is 0. The summed E-state index contributed by atoms with van der Waals surface area (Å²) in [6, 6.07) is 5.37. The van der Waals surface area contributed by atoms with E-state index in [2.05, 4.69) is 27.2 Å². The zero-order chi connectivity index (χ0) is 12.1. The first-order valence-electron chi connectivity index (χ1n) is 5.11. The molecule has 2 nitrogen and oxygen atoms in total. The summed E-state index contributed by atoms with van der Waals surface area (Å²) in [6.07, 6.45) is 6.03. The molecule has 0 spiro atoms. The van der Waals surface area contributed by atoms with Crippen LogP contribution in [0.15, 0.2) is 22.7 Å². The van der Waals surface area contributed by atoms with Crippen LogP contribution in [-0.4, -0.2) is 11.9 Å². The summed E-state index contributed by atoms with van der Waals surface area (Å²) in [5, 5.41) is 2.79. The molecule has 0 aromatic heterocycles. The predicted molar refractivity (Wildman–Crippen MR) is 69.3 cm³/mol. The van der Waals surface area contributed by atoms with E-state index in [9.17, 15) is 4.79 Å². The average molecular weight is 280 g/mol. The van der Waals surface area contributed by atoms with Gasteiger partial charge in [0.1, 0.15) is 0 Å². The van der Waals surface area contributed by atoms with Crippen LogP contribution in [0, 0.1) is 19.3 Å². The van der Waals surface area contributed by atoms with Gasteiger partial charge in [-0.25, -0.2) is 0 Å². The molecule has 1 aromatic carbocycles. The number of aryl methyl sites for hydroxylation is 1. The Balaban J connectivity index is 2.85. The molecular formula is C13H14BrNO. The Labute approximate surface area is 105 Å². The number of halogens is 1. The molecule has 84 valence electrons. The van der Waals surface area contributed by atoms with Gasteiger partial charge in [0.05, 0.1) is 6.04 Å². The van der Waals surface area contributed by atoms with Crippen LogP contribution in [0.1, 0.15) is 29.3 Å². The summed E-state index contributed by atoms with van der Waals surface area (Å²) < 4.78 is 0.895. The van der Waals surface area contributed by atoms with E-state index < -0.39 is 0 Å². The highest BCUT2D eigenvalue weighted by atomic mass is 79.9. The quantitative estimate of drug-likeness (QED) is 0.847. The molecule has 16 heavy (non-hydrogen) atoms. The van der Waals surface area contributed by atoms with E-state index in [0.717, 1.165) is 16.5 Å². The predicted octanol–water partition coefficient (Wildman–Crippen LogP) is 2.90. The summed E-state index contributed by atoms with van der Waals surface area (Å²) in [4.78, 5) is 11.8. The smallest absolute Gasteiger partial charge is 0.252 e. The molecule has 0 aliphatic heterocycles. The SMILES string of the molecule is C#CC(CC)NC(=O)c1cc(C)cc(Br)c1. The molecule has 1 N–H and O–H groups in total. The summed E-state index contributed by atoms with van der Waals surface area (Å²) >= 11 is 3.36. The molecule has 0 saturated heterocycles. The van der Waals surface area contributed by atoms with Crippen LogP contribution < -0.4 is 5.32 Å². The fraction of sp³-hybridized carbons (Fsp3) is 0.308. The Morgan fingerprint density at radius 3 is 2.75 bits per heavy atom. The standard InChI is InChI=1S/C13H14BrNO/c1-4-12(5-2)15-13(16)10-6-9(3)7-11(14)8-10/h1,6-8,12H,5H2,2-3H3,(H,15,16). The number of carbonyl (C=O) groups is 1. The highest BCUT2D eigenvalue weighted by molar-refractivity contribution is 9.10. The van der Waals surface area contributed by atoms with Crippen LogP contribution in [0.5, 0.6) is 0 Å². The maximum atomic E-state index is 11.8. The molecule has 0 aliphatic rings. The zero-order valence-electron chi connectivity index (χ0n) is 9.38. The van der Waals surface area contributed by atoms with Crippen molar-refractivity contribution < 1.29 is 4.79 Å². The van der Waals surface area contributed by atoms with Gasteiger partial charge >= 0.3 is 0 Å². The Morgan fingerprint density at radius 1 is 1.56 bits per heavy atom. The first-order chi connectivity index (χ1) is 7.56. The fourth-order valence-electron chi connectivity index (χ4n) is 1.37. The molecule has 1 rings (SSSR count). The molecule has 0 bridgehead atoms. The van der Waals surface area contributed by atoms with Crippen LogP contribution in [0.3, 0.4) is 0 Å². The van der Waals surface area contributed by atoms with Crippen molar-refractivity contribution in [3.8, 4) is 12.3 Å². The third kappa shape index (κ3) is 3.39. The van der Waals surface area contributed by atoms with Crippen molar-refractivity contribution >= 4 is 21.8 Å². The molecule has 1 unspecified atom stereocenters. The highest BCUT2D eigenvalue weighted by Crippen LogP contribution is 2.15. The van der Waals surface area contributed by atoms with Crippen molar-refractivity contribution in [2.24, 2.45) is 0 Å². The van der Waals surface area contributed by atoms with Crippen LogP contribution in [0.2, 0.25) is 0 Å². The van der Waals surface area contributed by atoms with Crippen LogP contribution in [0.4, 0.5) is 0 Å². The lowest BCUT2D eigenvalue weighted by molar-refractivity contribution is 0.0945. The van der Waals surface area contributed by atoms with Gasteiger partial charge < -0.3 is 5.32 Å². The van der Waals surface area contributed by atoms with Crippen molar-refractivity contribution in [2.45, 2.75) is 26.3 Å².